The third kappa shape index (κ3) is 4.83. The van der Waals surface area contributed by atoms with Crippen molar-refractivity contribution in [2.75, 3.05) is 20.2 Å². The summed E-state index contributed by atoms with van der Waals surface area (Å²) in [6.07, 6.45) is 6.97. The van der Waals surface area contributed by atoms with E-state index < -0.39 is 0 Å². The number of carbonyl (C=O) groups excluding carboxylic acids is 1. The Morgan fingerprint density at radius 3 is 2.77 bits per heavy atom. The Bertz CT molecular complexity index is 804. The van der Waals surface area contributed by atoms with Crippen LogP contribution in [0.2, 0.25) is 0 Å². The number of hydrogen-bond acceptors (Lipinski definition) is 4. The fraction of sp³-hybridized carbons (Fsp3) is 0.211. The molecule has 0 aliphatic carbocycles. The minimum Gasteiger partial charge on any atom is -0.492 e. The average Bonchev–Trinajstić information content (AvgIpc) is 3.22. The highest BCUT2D eigenvalue weighted by Gasteiger charge is 2.08. The summed E-state index contributed by atoms with van der Waals surface area (Å²) in [6.45, 7) is 1.35. The molecule has 7 heteroatoms. The first-order valence-corrected chi connectivity index (χ1v) is 8.32. The van der Waals surface area contributed by atoms with Gasteiger partial charge in [-0.2, -0.15) is 0 Å². The van der Waals surface area contributed by atoms with Gasteiger partial charge in [0.1, 0.15) is 24.5 Å². The highest BCUT2D eigenvalue weighted by molar-refractivity contribution is 5.73. The summed E-state index contributed by atoms with van der Waals surface area (Å²) in [7, 11) is 1.74. The molecule has 2 amide bonds. The zero-order valence-electron chi connectivity index (χ0n) is 14.6. The Balaban J connectivity index is 1.41. The topological polar surface area (TPSA) is 72.3 Å². The smallest absolute Gasteiger partial charge is 0.317 e. The van der Waals surface area contributed by atoms with Crippen molar-refractivity contribution < 1.29 is 9.53 Å². The molecule has 2 heterocycles. The van der Waals surface area contributed by atoms with Crippen LogP contribution in [0.25, 0.3) is 5.82 Å². The van der Waals surface area contributed by atoms with Gasteiger partial charge in [-0.1, -0.05) is 24.3 Å². The SMILES string of the molecule is CN(CCOc1ccccc1)C(=O)NCc1ccc(-n2ccnc2)nc1. The van der Waals surface area contributed by atoms with Crippen LogP contribution in [0, 0.1) is 0 Å². The van der Waals surface area contributed by atoms with Gasteiger partial charge in [-0.3, -0.25) is 4.57 Å². The van der Waals surface area contributed by atoms with Gasteiger partial charge in [0.05, 0.1) is 6.54 Å². The van der Waals surface area contributed by atoms with Crippen molar-refractivity contribution in [3.05, 3.63) is 72.9 Å². The molecule has 3 rings (SSSR count). The van der Waals surface area contributed by atoms with E-state index in [4.69, 9.17) is 4.74 Å². The number of likely N-dealkylation sites (N-methyl/N-ethyl adjacent to an activating group) is 1. The maximum Gasteiger partial charge on any atom is 0.317 e. The van der Waals surface area contributed by atoms with E-state index in [9.17, 15) is 4.79 Å². The molecule has 0 aliphatic heterocycles. The van der Waals surface area contributed by atoms with E-state index in [-0.39, 0.29) is 6.03 Å². The summed E-state index contributed by atoms with van der Waals surface area (Å²) in [5.41, 5.74) is 0.927. The number of benzene rings is 1. The Morgan fingerprint density at radius 2 is 2.08 bits per heavy atom. The van der Waals surface area contributed by atoms with Gasteiger partial charge < -0.3 is 15.0 Å². The lowest BCUT2D eigenvalue weighted by Gasteiger charge is -2.18. The number of rotatable bonds is 7. The molecule has 134 valence electrons. The number of nitrogens with zero attached hydrogens (tertiary/aromatic N) is 4. The molecule has 7 nitrogen and oxygen atoms in total. The van der Waals surface area contributed by atoms with Crippen LogP contribution in [0.15, 0.2) is 67.4 Å². The lowest BCUT2D eigenvalue weighted by atomic mass is 10.3. The predicted molar refractivity (Wildman–Crippen MR) is 98.2 cm³/mol. The van der Waals surface area contributed by atoms with Crippen LogP contribution in [-0.2, 0) is 6.54 Å². The average molecular weight is 351 g/mol. The molecular weight excluding hydrogens is 330 g/mol. The Kier molecular flexibility index (Phi) is 5.82. The molecule has 0 aliphatic rings. The number of urea groups is 1. The first kappa shape index (κ1) is 17.5. The van der Waals surface area contributed by atoms with Crippen molar-refractivity contribution in [1.29, 1.82) is 0 Å². The first-order valence-electron chi connectivity index (χ1n) is 8.32. The van der Waals surface area contributed by atoms with E-state index >= 15 is 0 Å². The van der Waals surface area contributed by atoms with E-state index in [0.717, 1.165) is 17.1 Å². The number of carbonyl (C=O) groups is 1. The van der Waals surface area contributed by atoms with E-state index in [1.165, 1.54) is 0 Å². The normalized spacial score (nSPS) is 10.3. The Morgan fingerprint density at radius 1 is 1.23 bits per heavy atom. The van der Waals surface area contributed by atoms with E-state index in [0.29, 0.717) is 19.7 Å². The number of nitrogens with one attached hydrogen (secondary N) is 1. The second-order valence-corrected chi connectivity index (χ2v) is 5.74. The van der Waals surface area contributed by atoms with Crippen molar-refractivity contribution in [2.45, 2.75) is 6.54 Å². The van der Waals surface area contributed by atoms with Gasteiger partial charge in [-0.05, 0) is 23.8 Å². The van der Waals surface area contributed by atoms with Gasteiger partial charge in [0.15, 0.2) is 0 Å². The molecule has 0 spiro atoms. The largest absolute Gasteiger partial charge is 0.492 e. The molecule has 0 radical (unpaired) electrons. The minimum absolute atomic E-state index is 0.152. The third-order valence-electron chi connectivity index (χ3n) is 3.81. The number of amides is 2. The molecule has 1 N–H and O–H groups in total. The third-order valence-corrected chi connectivity index (χ3v) is 3.81. The Hall–Kier alpha value is -3.35. The maximum absolute atomic E-state index is 12.1. The molecule has 0 atom stereocenters. The molecule has 0 saturated heterocycles. The van der Waals surface area contributed by atoms with Crippen LogP contribution in [0.5, 0.6) is 5.75 Å². The van der Waals surface area contributed by atoms with E-state index in [1.807, 2.05) is 53.2 Å². The Labute approximate surface area is 152 Å². The van der Waals surface area contributed by atoms with Crippen molar-refractivity contribution in [1.82, 2.24) is 24.8 Å². The second kappa shape index (κ2) is 8.66. The van der Waals surface area contributed by atoms with Gasteiger partial charge >= 0.3 is 6.03 Å². The van der Waals surface area contributed by atoms with Gasteiger partial charge in [0.25, 0.3) is 0 Å². The van der Waals surface area contributed by atoms with Crippen molar-refractivity contribution >= 4 is 6.03 Å². The highest BCUT2D eigenvalue weighted by Crippen LogP contribution is 2.08. The monoisotopic (exact) mass is 351 g/mol. The second-order valence-electron chi connectivity index (χ2n) is 5.74. The molecule has 0 bridgehead atoms. The minimum atomic E-state index is -0.152. The summed E-state index contributed by atoms with van der Waals surface area (Å²) in [4.78, 5) is 22.1. The molecule has 1 aromatic carbocycles. The zero-order valence-corrected chi connectivity index (χ0v) is 14.6. The van der Waals surface area contributed by atoms with Gasteiger partial charge in [-0.25, -0.2) is 14.8 Å². The number of ether oxygens (including phenoxy) is 1. The maximum atomic E-state index is 12.1. The zero-order chi connectivity index (χ0) is 18.2. The number of imidazole rings is 1. The van der Waals surface area contributed by atoms with Crippen LogP contribution in [-0.4, -0.2) is 45.7 Å². The highest BCUT2D eigenvalue weighted by atomic mass is 16.5. The summed E-state index contributed by atoms with van der Waals surface area (Å²) in [5.74, 6) is 1.58. The number of para-hydroxylation sites is 1. The fourth-order valence-corrected chi connectivity index (χ4v) is 2.30. The summed E-state index contributed by atoms with van der Waals surface area (Å²) < 4.78 is 7.42. The quantitative estimate of drug-likeness (QED) is 0.710. The molecule has 0 saturated carbocycles. The molecule has 2 aromatic heterocycles. The number of pyridine rings is 1. The van der Waals surface area contributed by atoms with E-state index in [2.05, 4.69) is 15.3 Å². The lowest BCUT2D eigenvalue weighted by molar-refractivity contribution is 0.195. The van der Waals surface area contributed by atoms with Crippen molar-refractivity contribution in [3.63, 3.8) is 0 Å². The van der Waals surface area contributed by atoms with Crippen LogP contribution in [0.1, 0.15) is 5.56 Å². The summed E-state index contributed by atoms with van der Waals surface area (Å²) in [5, 5.41) is 2.87. The fourth-order valence-electron chi connectivity index (χ4n) is 2.30. The van der Waals surface area contributed by atoms with Crippen molar-refractivity contribution in [3.8, 4) is 11.6 Å². The summed E-state index contributed by atoms with van der Waals surface area (Å²) >= 11 is 0. The predicted octanol–water partition coefficient (Wildman–Crippen LogP) is 2.49. The van der Waals surface area contributed by atoms with Crippen LogP contribution >= 0.6 is 0 Å². The van der Waals surface area contributed by atoms with Gasteiger partial charge in [0.2, 0.25) is 0 Å². The van der Waals surface area contributed by atoms with Crippen LogP contribution < -0.4 is 10.1 Å². The van der Waals surface area contributed by atoms with Crippen molar-refractivity contribution in [2.24, 2.45) is 0 Å². The van der Waals surface area contributed by atoms with E-state index in [1.54, 1.807) is 30.7 Å². The molecular formula is C19H21N5O2. The molecule has 0 fully saturated rings. The summed E-state index contributed by atoms with van der Waals surface area (Å²) in [6, 6.07) is 13.2. The van der Waals surface area contributed by atoms with Crippen LogP contribution in [0.4, 0.5) is 4.79 Å². The molecule has 3 aromatic rings. The molecule has 26 heavy (non-hydrogen) atoms. The molecule has 0 unspecified atom stereocenters. The van der Waals surface area contributed by atoms with Gasteiger partial charge in [-0.15, -0.1) is 0 Å². The first-order chi connectivity index (χ1) is 12.7. The standard InChI is InChI=1S/C19H21N5O2/c1-23(11-12-26-17-5-3-2-4-6-17)19(25)22-14-16-7-8-18(21-13-16)24-10-9-20-15-24/h2-10,13,15H,11-12,14H2,1H3,(H,22,25). The van der Waals surface area contributed by atoms with Gasteiger partial charge in [0, 0.05) is 32.2 Å². The number of aromatic nitrogens is 3. The lowest BCUT2D eigenvalue weighted by Crippen LogP contribution is -2.39. The number of hydrogen-bond donors (Lipinski definition) is 1. The van der Waals surface area contributed by atoms with Crippen LogP contribution in [0.3, 0.4) is 0 Å².